The van der Waals surface area contributed by atoms with Gasteiger partial charge in [0.1, 0.15) is 0 Å². The second kappa shape index (κ2) is 11.0. The van der Waals surface area contributed by atoms with Crippen LogP contribution in [0.1, 0.15) is 101 Å². The van der Waals surface area contributed by atoms with Gasteiger partial charge in [0, 0.05) is 0 Å². The molecule has 32 heavy (non-hydrogen) atoms. The van der Waals surface area contributed by atoms with Gasteiger partial charge in [-0.3, -0.25) is 0 Å². The van der Waals surface area contributed by atoms with Crippen LogP contribution in [0.4, 0.5) is 0 Å². The third kappa shape index (κ3) is 6.21. The number of carbonyl (C=O) groups excluding carboxylic acids is 1. The van der Waals surface area contributed by atoms with Crippen LogP contribution in [-0.2, 0) is 36.9 Å². The molecule has 0 fully saturated rings. The van der Waals surface area contributed by atoms with E-state index in [1.165, 1.54) is 33.0 Å². The fourth-order valence-corrected chi connectivity index (χ4v) is 7.08. The molecule has 1 aromatic rings. The van der Waals surface area contributed by atoms with E-state index in [2.05, 4.69) is 97.4 Å². The van der Waals surface area contributed by atoms with Crippen molar-refractivity contribution in [3.05, 3.63) is 46.0 Å². The summed E-state index contributed by atoms with van der Waals surface area (Å²) in [7, 11) is -1.33. The van der Waals surface area contributed by atoms with Crippen LogP contribution in [0.5, 0.6) is 0 Å². The molecule has 6 heteroatoms. The normalized spacial score (nSPS) is 14.1. The Morgan fingerprint density at radius 1 is 0.875 bits per heavy atom. The van der Waals surface area contributed by atoms with Gasteiger partial charge in [0.15, 0.2) is 0 Å². The fourth-order valence-electron chi connectivity index (χ4n) is 4.88. The maximum atomic E-state index is 13.5. The van der Waals surface area contributed by atoms with Gasteiger partial charge in [-0.1, -0.05) is 0 Å². The Morgan fingerprint density at radius 2 is 1.34 bits per heavy atom. The van der Waals surface area contributed by atoms with Gasteiger partial charge in [-0.05, 0) is 0 Å². The van der Waals surface area contributed by atoms with Crippen molar-refractivity contribution in [1.29, 1.82) is 0 Å². The van der Waals surface area contributed by atoms with Gasteiger partial charge >= 0.3 is 199 Å². The van der Waals surface area contributed by atoms with Crippen LogP contribution in [0.2, 0.25) is 13.1 Å². The molecule has 0 unspecified atom stereocenters. The zero-order valence-corrected chi connectivity index (χ0v) is 25.9. The predicted octanol–water partition coefficient (Wildman–Crippen LogP) is -0.184. The quantitative estimate of drug-likeness (QED) is 0.541. The van der Waals surface area contributed by atoms with Crippen LogP contribution < -0.4 is 33.8 Å². The van der Waals surface area contributed by atoms with Gasteiger partial charge < -0.3 is 24.8 Å². The van der Waals surface area contributed by atoms with E-state index in [0.717, 1.165) is 12.0 Å². The van der Waals surface area contributed by atoms with Crippen molar-refractivity contribution >= 4 is 25.5 Å². The van der Waals surface area contributed by atoms with E-state index in [-0.39, 0.29) is 47.0 Å². The first kappa shape index (κ1) is 31.7. The summed E-state index contributed by atoms with van der Waals surface area (Å²) in [5.74, 6) is 0.0647. The summed E-state index contributed by atoms with van der Waals surface area (Å²) in [5.41, 5.74) is 7.48. The molecule has 1 amide bonds. The molecule has 0 bridgehead atoms. The molecule has 0 aliphatic heterocycles. The standard InChI is InChI=1S/C26H41NOSi.2ClH.Ti/c1-24(2,3)19-17(16-14-12-13-15-16)20(25(4,5)6)21(26(7,8)9)22(29(10)11)18(19)23(27)28;;;/h12-14,29H,15H2,1-11H3,(H2,27,28);2*1H;/q;;;+3/p-3. The van der Waals surface area contributed by atoms with Crippen molar-refractivity contribution in [2.45, 2.75) is 98.1 Å². The van der Waals surface area contributed by atoms with Crippen LogP contribution in [0.3, 0.4) is 0 Å². The molecular weight excluding hydrogens is 489 g/mol. The molecule has 2 rings (SSSR count). The molecule has 0 spiro atoms. The zero-order valence-electron chi connectivity index (χ0n) is 21.7. The second-order valence-corrected chi connectivity index (χ2v) is 15.2. The van der Waals surface area contributed by atoms with Crippen molar-refractivity contribution in [3.63, 3.8) is 0 Å². The van der Waals surface area contributed by atoms with E-state index in [9.17, 15) is 4.79 Å². The maximum Gasteiger partial charge on any atom is -1.00 e. The summed E-state index contributed by atoms with van der Waals surface area (Å²) in [6, 6.07) is 0. The molecule has 177 valence electrons. The van der Waals surface area contributed by atoms with E-state index in [0.29, 0.717) is 0 Å². The van der Waals surface area contributed by atoms with E-state index in [4.69, 9.17) is 0 Å². The Morgan fingerprint density at radius 3 is 1.66 bits per heavy atom. The van der Waals surface area contributed by atoms with Crippen LogP contribution in [0, 0.1) is 0 Å². The van der Waals surface area contributed by atoms with E-state index in [1.54, 1.807) is 20.7 Å². The molecular formula is C26H40Cl2NOSiTi. The smallest absolute Gasteiger partial charge is 1.00 e. The first-order chi connectivity index (χ1) is 13.5. The number of amides is 1. The third-order valence-electron chi connectivity index (χ3n) is 5.80. The SMILES string of the molecule is C[SiH](C)c1c(C(=O)[NH][Ti+2])c(C(C)(C)C)c(C2=CC=CC2)c(C(C)(C)C)c1C(C)(C)C.[Cl-].[Cl-]. The van der Waals surface area contributed by atoms with Gasteiger partial charge in [-0.2, -0.15) is 0 Å². The Kier molecular flexibility index (Phi) is 10.8. The summed E-state index contributed by atoms with van der Waals surface area (Å²) < 4.78 is 2.99. The van der Waals surface area contributed by atoms with Gasteiger partial charge in [0.05, 0.1) is 0 Å². The van der Waals surface area contributed by atoms with Crippen LogP contribution in [0.25, 0.3) is 5.57 Å². The molecule has 0 saturated carbocycles. The molecule has 1 aliphatic rings. The molecule has 0 heterocycles. The largest absolute Gasteiger partial charge is 1.00 e. The zero-order chi connectivity index (χ0) is 23.2. The third-order valence-corrected chi connectivity index (χ3v) is 7.89. The minimum Gasteiger partial charge on any atom is -1.00 e. The number of halogens is 2. The topological polar surface area (TPSA) is 29.1 Å². The molecule has 0 aromatic heterocycles. The number of rotatable bonds is 3. The number of hydrogen-bond acceptors (Lipinski definition) is 1. The Labute approximate surface area is 222 Å². The van der Waals surface area contributed by atoms with Crippen molar-refractivity contribution < 1.29 is 50.3 Å². The van der Waals surface area contributed by atoms with Gasteiger partial charge in [-0.25, -0.2) is 0 Å². The average molecular weight is 529 g/mol. The first-order valence-electron chi connectivity index (χ1n) is 11.1. The van der Waals surface area contributed by atoms with Crippen molar-refractivity contribution in [1.82, 2.24) is 3.80 Å². The second-order valence-electron chi connectivity index (χ2n) is 12.0. The molecule has 0 atom stereocenters. The van der Waals surface area contributed by atoms with E-state index >= 15 is 0 Å². The summed E-state index contributed by atoms with van der Waals surface area (Å²) >= 11 is 1.77. The molecule has 1 aliphatic carbocycles. The number of allylic oxidation sites excluding steroid dienone is 4. The summed E-state index contributed by atoms with van der Waals surface area (Å²) in [5, 5.41) is 1.35. The van der Waals surface area contributed by atoms with Crippen LogP contribution >= 0.6 is 0 Å². The fraction of sp³-hybridized carbons (Fsp3) is 0.577. The number of benzene rings is 1. The molecule has 1 aromatic carbocycles. The van der Waals surface area contributed by atoms with Crippen LogP contribution in [-0.4, -0.2) is 14.7 Å². The summed E-state index contributed by atoms with van der Waals surface area (Å²) in [6.07, 6.45) is 7.58. The van der Waals surface area contributed by atoms with Gasteiger partial charge in [-0.15, -0.1) is 0 Å². The minimum atomic E-state index is -1.33. The number of hydrogen-bond donors (Lipinski definition) is 1. The predicted molar refractivity (Wildman–Crippen MR) is 130 cm³/mol. The van der Waals surface area contributed by atoms with Gasteiger partial charge in [0.25, 0.3) is 0 Å². The van der Waals surface area contributed by atoms with Crippen molar-refractivity contribution in [3.8, 4) is 0 Å². The molecule has 1 N–H and O–H groups in total. The van der Waals surface area contributed by atoms with E-state index < -0.39 is 8.80 Å². The number of nitrogens with one attached hydrogen (secondary N) is 1. The minimum absolute atomic E-state index is 0. The Bertz CT molecular complexity index is 914. The first-order valence-corrected chi connectivity index (χ1v) is 14.8. The van der Waals surface area contributed by atoms with Crippen molar-refractivity contribution in [2.24, 2.45) is 0 Å². The van der Waals surface area contributed by atoms with E-state index in [1.807, 2.05) is 0 Å². The Balaban J connectivity index is 0.00000480. The maximum absolute atomic E-state index is 13.5. The Hall–Kier alpha value is -0.319. The molecule has 0 saturated heterocycles. The molecule has 0 radical (unpaired) electrons. The summed E-state index contributed by atoms with van der Waals surface area (Å²) in [6.45, 7) is 25.5. The van der Waals surface area contributed by atoms with Crippen LogP contribution in [0.15, 0.2) is 18.2 Å². The number of carbonyl (C=O) groups is 1. The van der Waals surface area contributed by atoms with Gasteiger partial charge in [0.2, 0.25) is 0 Å². The molecule has 2 nitrogen and oxygen atoms in total. The summed E-state index contributed by atoms with van der Waals surface area (Å²) in [4.78, 5) is 13.5. The van der Waals surface area contributed by atoms with Crippen molar-refractivity contribution in [2.75, 3.05) is 0 Å². The average Bonchev–Trinajstić information content (AvgIpc) is 3.10. The monoisotopic (exact) mass is 528 g/mol.